The number of nitrogens with two attached hydrogens (primary N) is 1. The van der Waals surface area contributed by atoms with Gasteiger partial charge in [-0.1, -0.05) is 19.8 Å². The third-order valence-electron chi connectivity index (χ3n) is 4.17. The molecule has 0 spiro atoms. The second-order valence-electron chi connectivity index (χ2n) is 5.80. The molecule has 1 saturated carbocycles. The zero-order valence-electron chi connectivity index (χ0n) is 12.3. The van der Waals surface area contributed by atoms with Gasteiger partial charge in [-0.25, -0.2) is 4.79 Å². The second kappa shape index (κ2) is 6.64. The summed E-state index contributed by atoms with van der Waals surface area (Å²) in [4.78, 5) is 11.8. The Hall–Kier alpha value is -1.71. The van der Waals surface area contributed by atoms with Crippen LogP contribution >= 0.6 is 0 Å². The number of carbonyl (C=O) groups excluding carboxylic acids is 1. The highest BCUT2D eigenvalue weighted by atomic mass is 16.5. The molecule has 0 unspecified atom stereocenters. The van der Waals surface area contributed by atoms with Crippen molar-refractivity contribution in [2.24, 2.45) is 11.8 Å². The third kappa shape index (κ3) is 3.65. The molecule has 1 aliphatic rings. The molecule has 20 heavy (non-hydrogen) atoms. The fourth-order valence-corrected chi connectivity index (χ4v) is 2.78. The SMILES string of the molecule is COC(=O)c1cc(N)ccc1NCC1CCC(C)CC1. The minimum atomic E-state index is -0.350. The van der Waals surface area contributed by atoms with Gasteiger partial charge in [0.15, 0.2) is 0 Å². The zero-order chi connectivity index (χ0) is 14.5. The highest BCUT2D eigenvalue weighted by molar-refractivity contribution is 5.96. The molecule has 110 valence electrons. The normalized spacial score (nSPS) is 22.3. The lowest BCUT2D eigenvalue weighted by molar-refractivity contribution is 0.0602. The average Bonchev–Trinajstić information content (AvgIpc) is 2.46. The van der Waals surface area contributed by atoms with E-state index in [2.05, 4.69) is 12.2 Å². The van der Waals surface area contributed by atoms with Crippen LogP contribution in [-0.2, 0) is 4.74 Å². The minimum Gasteiger partial charge on any atom is -0.465 e. The summed E-state index contributed by atoms with van der Waals surface area (Å²) in [5, 5.41) is 3.38. The van der Waals surface area contributed by atoms with Gasteiger partial charge in [0.2, 0.25) is 0 Å². The molecule has 3 N–H and O–H groups in total. The monoisotopic (exact) mass is 276 g/mol. The molecule has 1 aliphatic carbocycles. The van der Waals surface area contributed by atoms with E-state index in [1.54, 1.807) is 12.1 Å². The first kappa shape index (κ1) is 14.7. The number of nitrogens with one attached hydrogen (secondary N) is 1. The molecule has 0 saturated heterocycles. The van der Waals surface area contributed by atoms with Gasteiger partial charge < -0.3 is 15.8 Å². The number of carbonyl (C=O) groups is 1. The quantitative estimate of drug-likeness (QED) is 0.654. The standard InChI is InChI=1S/C16H24N2O2/c1-11-3-5-12(6-4-11)10-18-15-8-7-13(17)9-14(15)16(19)20-2/h7-9,11-12,18H,3-6,10,17H2,1-2H3. The molecule has 0 aromatic heterocycles. The first-order valence-electron chi connectivity index (χ1n) is 7.32. The smallest absolute Gasteiger partial charge is 0.340 e. The van der Waals surface area contributed by atoms with Crippen LogP contribution in [0.5, 0.6) is 0 Å². The van der Waals surface area contributed by atoms with Crippen molar-refractivity contribution < 1.29 is 9.53 Å². The van der Waals surface area contributed by atoms with Crippen LogP contribution < -0.4 is 11.1 Å². The molecule has 4 nitrogen and oxygen atoms in total. The van der Waals surface area contributed by atoms with Crippen LogP contribution in [0, 0.1) is 11.8 Å². The molecule has 1 aromatic rings. The molecular formula is C16H24N2O2. The Morgan fingerprint density at radius 3 is 2.70 bits per heavy atom. The van der Waals surface area contributed by atoms with Crippen LogP contribution in [-0.4, -0.2) is 19.6 Å². The van der Waals surface area contributed by atoms with Gasteiger partial charge in [-0.3, -0.25) is 0 Å². The Kier molecular flexibility index (Phi) is 4.88. The van der Waals surface area contributed by atoms with Gasteiger partial charge in [-0.2, -0.15) is 0 Å². The Bertz CT molecular complexity index is 466. The molecule has 4 heteroatoms. The third-order valence-corrected chi connectivity index (χ3v) is 4.17. The number of methoxy groups -OCH3 is 1. The van der Waals surface area contributed by atoms with E-state index in [4.69, 9.17) is 10.5 Å². The summed E-state index contributed by atoms with van der Waals surface area (Å²) in [6, 6.07) is 5.32. The Morgan fingerprint density at radius 2 is 2.05 bits per heavy atom. The molecule has 1 fully saturated rings. The number of hydrogen-bond acceptors (Lipinski definition) is 4. The molecule has 0 atom stereocenters. The van der Waals surface area contributed by atoms with Crippen LogP contribution in [0.25, 0.3) is 0 Å². The number of ether oxygens (including phenoxy) is 1. The van der Waals surface area contributed by atoms with E-state index in [1.807, 2.05) is 6.07 Å². The summed E-state index contributed by atoms with van der Waals surface area (Å²) in [6.07, 6.45) is 5.13. The van der Waals surface area contributed by atoms with Crippen LogP contribution in [0.15, 0.2) is 18.2 Å². The van der Waals surface area contributed by atoms with Gasteiger partial charge in [0, 0.05) is 17.9 Å². The van der Waals surface area contributed by atoms with Gasteiger partial charge in [-0.15, -0.1) is 0 Å². The van der Waals surface area contributed by atoms with Crippen molar-refractivity contribution in [2.45, 2.75) is 32.6 Å². The van der Waals surface area contributed by atoms with Crippen molar-refractivity contribution in [3.8, 4) is 0 Å². The minimum absolute atomic E-state index is 0.350. The van der Waals surface area contributed by atoms with Crippen molar-refractivity contribution in [2.75, 3.05) is 24.7 Å². The molecule has 1 aromatic carbocycles. The highest BCUT2D eigenvalue weighted by Gasteiger charge is 2.19. The van der Waals surface area contributed by atoms with Crippen LogP contribution in [0.4, 0.5) is 11.4 Å². The molecule has 0 bridgehead atoms. The lowest BCUT2D eigenvalue weighted by atomic mass is 9.83. The van der Waals surface area contributed by atoms with Crippen LogP contribution in [0.2, 0.25) is 0 Å². The van der Waals surface area contributed by atoms with E-state index in [1.165, 1.54) is 32.8 Å². The summed E-state index contributed by atoms with van der Waals surface area (Å²) >= 11 is 0. The summed E-state index contributed by atoms with van der Waals surface area (Å²) in [7, 11) is 1.39. The number of rotatable bonds is 4. The number of esters is 1. The van der Waals surface area contributed by atoms with E-state index in [-0.39, 0.29) is 5.97 Å². The Labute approximate surface area is 120 Å². The maximum atomic E-state index is 11.8. The van der Waals surface area contributed by atoms with Crippen molar-refractivity contribution in [1.82, 2.24) is 0 Å². The summed E-state index contributed by atoms with van der Waals surface area (Å²) in [5.41, 5.74) is 7.63. The van der Waals surface area contributed by atoms with Gasteiger partial charge in [0.1, 0.15) is 0 Å². The first-order valence-corrected chi connectivity index (χ1v) is 7.32. The predicted molar refractivity (Wildman–Crippen MR) is 81.8 cm³/mol. The largest absolute Gasteiger partial charge is 0.465 e. The first-order chi connectivity index (χ1) is 9.60. The second-order valence-corrected chi connectivity index (χ2v) is 5.80. The Balaban J connectivity index is 2.00. The number of nitrogen functional groups attached to an aromatic ring is 1. The lowest BCUT2D eigenvalue weighted by Gasteiger charge is -2.26. The van der Waals surface area contributed by atoms with Crippen molar-refractivity contribution >= 4 is 17.3 Å². The highest BCUT2D eigenvalue weighted by Crippen LogP contribution is 2.29. The number of hydrogen-bond donors (Lipinski definition) is 2. The molecular weight excluding hydrogens is 252 g/mol. The fourth-order valence-electron chi connectivity index (χ4n) is 2.78. The number of anilines is 2. The molecule has 0 aliphatic heterocycles. The van der Waals surface area contributed by atoms with Gasteiger partial charge >= 0.3 is 5.97 Å². The maximum Gasteiger partial charge on any atom is 0.340 e. The summed E-state index contributed by atoms with van der Waals surface area (Å²) < 4.78 is 4.80. The van der Waals surface area contributed by atoms with Gasteiger partial charge in [0.05, 0.1) is 12.7 Å². The van der Waals surface area contributed by atoms with Gasteiger partial charge in [0.25, 0.3) is 0 Å². The zero-order valence-corrected chi connectivity index (χ0v) is 12.3. The van der Waals surface area contributed by atoms with Gasteiger partial charge in [-0.05, 0) is 42.9 Å². The molecule has 0 heterocycles. The van der Waals surface area contributed by atoms with Crippen molar-refractivity contribution in [1.29, 1.82) is 0 Å². The van der Waals surface area contributed by atoms with E-state index >= 15 is 0 Å². The van der Waals surface area contributed by atoms with E-state index in [0.29, 0.717) is 17.2 Å². The molecule has 2 rings (SSSR count). The van der Waals surface area contributed by atoms with Crippen LogP contribution in [0.1, 0.15) is 43.0 Å². The van der Waals surface area contributed by atoms with E-state index in [9.17, 15) is 4.79 Å². The topological polar surface area (TPSA) is 64.3 Å². The molecule has 0 amide bonds. The van der Waals surface area contributed by atoms with Crippen molar-refractivity contribution in [3.63, 3.8) is 0 Å². The summed E-state index contributed by atoms with van der Waals surface area (Å²) in [5.74, 6) is 1.19. The maximum absolute atomic E-state index is 11.8. The van der Waals surface area contributed by atoms with E-state index < -0.39 is 0 Å². The number of benzene rings is 1. The average molecular weight is 276 g/mol. The predicted octanol–water partition coefficient (Wildman–Crippen LogP) is 3.29. The lowest BCUT2D eigenvalue weighted by Crippen LogP contribution is -2.21. The van der Waals surface area contributed by atoms with E-state index in [0.717, 1.165) is 18.2 Å². The Morgan fingerprint density at radius 1 is 1.35 bits per heavy atom. The fraction of sp³-hybridized carbons (Fsp3) is 0.562. The van der Waals surface area contributed by atoms with Crippen molar-refractivity contribution in [3.05, 3.63) is 23.8 Å². The summed E-state index contributed by atoms with van der Waals surface area (Å²) in [6.45, 7) is 3.22. The molecule has 0 radical (unpaired) electrons. The van der Waals surface area contributed by atoms with Crippen LogP contribution in [0.3, 0.4) is 0 Å².